The van der Waals surface area contributed by atoms with Crippen LogP contribution < -0.4 is 16.0 Å². The van der Waals surface area contributed by atoms with Crippen molar-refractivity contribution in [3.8, 4) is 0 Å². The molecular weight excluding hydrogens is 399 g/mol. The zero-order valence-corrected chi connectivity index (χ0v) is 15.1. The minimum atomic E-state index is -1.12. The quantitative estimate of drug-likeness (QED) is 0.323. The van der Waals surface area contributed by atoms with Gasteiger partial charge in [0.2, 0.25) is 5.91 Å². The van der Waals surface area contributed by atoms with Crippen LogP contribution in [0.5, 0.6) is 0 Å². The van der Waals surface area contributed by atoms with E-state index in [-0.39, 0.29) is 42.5 Å². The predicted molar refractivity (Wildman–Crippen MR) is 94.2 cm³/mol. The Labute approximate surface area is 147 Å². The average Bonchev–Trinajstić information content (AvgIpc) is 3.00. The van der Waals surface area contributed by atoms with Crippen LogP contribution in [0.1, 0.15) is 25.5 Å². The van der Waals surface area contributed by atoms with Crippen molar-refractivity contribution in [2.75, 3.05) is 20.1 Å². The maximum absolute atomic E-state index is 11.1. The molecule has 2 rings (SSSR count). The molecule has 0 bridgehead atoms. The van der Waals surface area contributed by atoms with Crippen molar-refractivity contribution in [1.29, 1.82) is 0 Å². The van der Waals surface area contributed by atoms with Gasteiger partial charge in [-0.3, -0.25) is 9.79 Å². The van der Waals surface area contributed by atoms with E-state index in [0.717, 1.165) is 6.42 Å². The van der Waals surface area contributed by atoms with Crippen molar-refractivity contribution in [3.05, 3.63) is 24.2 Å². The summed E-state index contributed by atoms with van der Waals surface area (Å²) < 4.78 is 5.23. The maximum Gasteiger partial charge on any atom is 0.220 e. The number of carbonyl (C=O) groups is 1. The molecule has 0 aliphatic carbocycles. The summed E-state index contributed by atoms with van der Waals surface area (Å²) in [6, 6.07) is 3.61. The molecule has 1 aliphatic heterocycles. The number of hydrogen-bond donors (Lipinski definition) is 4. The molecule has 2 atom stereocenters. The molecule has 22 heavy (non-hydrogen) atoms. The molecule has 0 aromatic carbocycles. The lowest BCUT2D eigenvalue weighted by Gasteiger charge is -2.27. The smallest absolute Gasteiger partial charge is 0.220 e. The monoisotopic (exact) mass is 422 g/mol. The highest BCUT2D eigenvalue weighted by molar-refractivity contribution is 14.0. The average molecular weight is 422 g/mol. The first kappa shape index (κ1) is 18.8. The van der Waals surface area contributed by atoms with Crippen molar-refractivity contribution < 1.29 is 14.3 Å². The summed E-state index contributed by atoms with van der Waals surface area (Å²) in [7, 11) is 1.67. The van der Waals surface area contributed by atoms with Gasteiger partial charge in [-0.15, -0.1) is 24.0 Å². The van der Waals surface area contributed by atoms with Gasteiger partial charge in [0.1, 0.15) is 11.4 Å². The van der Waals surface area contributed by atoms with E-state index in [9.17, 15) is 9.90 Å². The molecule has 1 amide bonds. The summed E-state index contributed by atoms with van der Waals surface area (Å²) >= 11 is 0. The SMILES string of the molecule is CN=C(NCC(C)(O)c1ccco1)NC1CCC(=O)NC1.I. The number of piperidine rings is 1. The topological polar surface area (TPSA) is 98.9 Å². The second-order valence-electron chi connectivity index (χ2n) is 5.36. The first-order chi connectivity index (χ1) is 10.0. The number of hydrogen-bond acceptors (Lipinski definition) is 4. The Bertz CT molecular complexity index is 492. The van der Waals surface area contributed by atoms with E-state index >= 15 is 0 Å². The molecule has 0 radical (unpaired) electrons. The van der Waals surface area contributed by atoms with E-state index in [2.05, 4.69) is 20.9 Å². The molecule has 1 fully saturated rings. The zero-order chi connectivity index (χ0) is 15.3. The Kier molecular flexibility index (Phi) is 7.14. The van der Waals surface area contributed by atoms with Crippen molar-refractivity contribution in [1.82, 2.24) is 16.0 Å². The minimum Gasteiger partial charge on any atom is -0.466 e. The van der Waals surface area contributed by atoms with Crippen LogP contribution in [-0.4, -0.2) is 43.2 Å². The van der Waals surface area contributed by atoms with Gasteiger partial charge in [-0.25, -0.2) is 0 Å². The molecule has 1 aromatic heterocycles. The third kappa shape index (κ3) is 5.16. The molecule has 2 heterocycles. The van der Waals surface area contributed by atoms with Crippen LogP contribution in [0.25, 0.3) is 0 Å². The predicted octanol–water partition coefficient (Wildman–Crippen LogP) is 0.549. The van der Waals surface area contributed by atoms with Crippen LogP contribution in [0.4, 0.5) is 0 Å². The van der Waals surface area contributed by atoms with Crippen LogP contribution in [-0.2, 0) is 10.4 Å². The molecule has 2 unspecified atom stereocenters. The number of nitrogens with one attached hydrogen (secondary N) is 3. The Balaban J connectivity index is 0.00000242. The Morgan fingerprint density at radius 2 is 2.41 bits per heavy atom. The number of aliphatic imine (C=N–C) groups is 1. The van der Waals surface area contributed by atoms with E-state index < -0.39 is 5.60 Å². The molecular formula is C14H23IN4O3. The standard InChI is InChI=1S/C14H22N4O3.HI/c1-14(20,11-4-3-7-21-11)9-17-13(15-2)18-10-5-6-12(19)16-8-10;/h3-4,7,10,20H,5-6,8-9H2,1-2H3,(H,16,19)(H2,15,17,18);1H. The zero-order valence-electron chi connectivity index (χ0n) is 12.8. The van der Waals surface area contributed by atoms with Gasteiger partial charge in [-0.05, 0) is 25.5 Å². The molecule has 0 spiro atoms. The highest BCUT2D eigenvalue weighted by Gasteiger charge is 2.27. The van der Waals surface area contributed by atoms with E-state index in [1.54, 1.807) is 26.1 Å². The number of guanidine groups is 1. The first-order valence-corrected chi connectivity index (χ1v) is 7.01. The molecule has 1 saturated heterocycles. The number of nitrogens with zero attached hydrogens (tertiary/aromatic N) is 1. The number of amides is 1. The van der Waals surface area contributed by atoms with Gasteiger partial charge in [0.25, 0.3) is 0 Å². The van der Waals surface area contributed by atoms with Gasteiger partial charge in [-0.2, -0.15) is 0 Å². The van der Waals surface area contributed by atoms with Crippen molar-refractivity contribution >= 4 is 35.8 Å². The molecule has 4 N–H and O–H groups in total. The van der Waals surface area contributed by atoms with E-state index in [1.165, 1.54) is 6.26 Å². The Morgan fingerprint density at radius 3 is 2.95 bits per heavy atom. The number of halogens is 1. The fraction of sp³-hybridized carbons (Fsp3) is 0.571. The molecule has 0 saturated carbocycles. The molecule has 7 nitrogen and oxygen atoms in total. The van der Waals surface area contributed by atoms with Crippen molar-refractivity contribution in [2.45, 2.75) is 31.4 Å². The molecule has 1 aromatic rings. The molecule has 1 aliphatic rings. The maximum atomic E-state index is 11.1. The van der Waals surface area contributed by atoms with Crippen LogP contribution >= 0.6 is 24.0 Å². The second kappa shape index (κ2) is 8.37. The van der Waals surface area contributed by atoms with E-state index in [4.69, 9.17) is 4.42 Å². The van der Waals surface area contributed by atoms with E-state index in [0.29, 0.717) is 24.7 Å². The molecule has 124 valence electrons. The number of carbonyl (C=O) groups excluding carboxylic acids is 1. The van der Waals surface area contributed by atoms with Gasteiger partial charge in [0.05, 0.1) is 12.8 Å². The Morgan fingerprint density at radius 1 is 1.64 bits per heavy atom. The normalized spacial score (nSPS) is 21.3. The fourth-order valence-electron chi connectivity index (χ4n) is 2.17. The number of rotatable bonds is 4. The van der Waals surface area contributed by atoms with Gasteiger partial charge < -0.3 is 25.5 Å². The minimum absolute atomic E-state index is 0. The lowest BCUT2D eigenvalue weighted by atomic mass is 10.0. The number of furan rings is 1. The van der Waals surface area contributed by atoms with Crippen molar-refractivity contribution in [3.63, 3.8) is 0 Å². The third-order valence-corrected chi connectivity index (χ3v) is 3.48. The summed E-state index contributed by atoms with van der Waals surface area (Å²) in [6.07, 6.45) is 2.81. The lowest BCUT2D eigenvalue weighted by Crippen LogP contribution is -2.52. The van der Waals surface area contributed by atoms with Crippen molar-refractivity contribution in [2.24, 2.45) is 4.99 Å². The van der Waals surface area contributed by atoms with Gasteiger partial charge in [-0.1, -0.05) is 0 Å². The first-order valence-electron chi connectivity index (χ1n) is 7.01. The van der Waals surface area contributed by atoms with Gasteiger partial charge >= 0.3 is 0 Å². The van der Waals surface area contributed by atoms with Gasteiger partial charge in [0, 0.05) is 26.1 Å². The van der Waals surface area contributed by atoms with E-state index in [1.807, 2.05) is 0 Å². The summed E-state index contributed by atoms with van der Waals surface area (Å²) in [5.74, 6) is 1.16. The third-order valence-electron chi connectivity index (χ3n) is 3.48. The van der Waals surface area contributed by atoms with Crippen LogP contribution in [0.2, 0.25) is 0 Å². The highest BCUT2D eigenvalue weighted by atomic mass is 127. The largest absolute Gasteiger partial charge is 0.466 e. The lowest BCUT2D eigenvalue weighted by molar-refractivity contribution is -0.122. The van der Waals surface area contributed by atoms with Crippen LogP contribution in [0, 0.1) is 0 Å². The van der Waals surface area contributed by atoms with Gasteiger partial charge in [0.15, 0.2) is 5.96 Å². The van der Waals surface area contributed by atoms with Crippen LogP contribution in [0.3, 0.4) is 0 Å². The summed E-state index contributed by atoms with van der Waals surface area (Å²) in [5.41, 5.74) is -1.12. The molecule has 8 heteroatoms. The Hall–Kier alpha value is -1.29. The van der Waals surface area contributed by atoms with Crippen LogP contribution in [0.15, 0.2) is 27.8 Å². The summed E-state index contributed by atoms with van der Waals surface area (Å²) in [4.78, 5) is 15.2. The summed E-state index contributed by atoms with van der Waals surface area (Å²) in [6.45, 7) is 2.51. The highest BCUT2D eigenvalue weighted by Crippen LogP contribution is 2.19. The summed E-state index contributed by atoms with van der Waals surface area (Å²) in [5, 5.41) is 19.5. The number of aliphatic hydroxyl groups is 1. The second-order valence-corrected chi connectivity index (χ2v) is 5.36. The fourth-order valence-corrected chi connectivity index (χ4v) is 2.17.